The zero-order chi connectivity index (χ0) is 12.3. The molecule has 3 nitrogen and oxygen atoms in total. The van der Waals surface area contributed by atoms with Crippen molar-refractivity contribution in [2.75, 3.05) is 32.9 Å². The van der Waals surface area contributed by atoms with Gasteiger partial charge in [0.25, 0.3) is 0 Å². The van der Waals surface area contributed by atoms with Crippen molar-refractivity contribution in [2.24, 2.45) is 0 Å². The average molecular weight is 276 g/mol. The van der Waals surface area contributed by atoms with Gasteiger partial charge in [0, 0.05) is 23.1 Å². The van der Waals surface area contributed by atoms with E-state index in [0.717, 1.165) is 18.7 Å². The van der Waals surface area contributed by atoms with Crippen LogP contribution in [0.25, 0.3) is 0 Å². The van der Waals surface area contributed by atoms with Crippen molar-refractivity contribution in [3.8, 4) is 0 Å². The molecule has 1 N–H and O–H groups in total. The van der Waals surface area contributed by atoms with Crippen LogP contribution in [0.1, 0.15) is 11.6 Å². The lowest BCUT2D eigenvalue weighted by molar-refractivity contribution is 0.00261. The summed E-state index contributed by atoms with van der Waals surface area (Å²) in [6.45, 7) is 3.05. The second kappa shape index (κ2) is 6.03. The fraction of sp³-hybridized carbons (Fsp3) is 0.500. The maximum absolute atomic E-state index is 9.55. The van der Waals surface area contributed by atoms with Crippen molar-refractivity contribution in [3.05, 3.63) is 33.8 Å². The summed E-state index contributed by atoms with van der Waals surface area (Å²) in [5.41, 5.74) is 0.917. The van der Waals surface area contributed by atoms with E-state index in [1.165, 1.54) is 0 Å². The lowest BCUT2D eigenvalue weighted by Gasteiger charge is -2.34. The number of ether oxygens (including phenoxy) is 1. The maximum Gasteiger partial charge on any atom is 0.0629 e. The van der Waals surface area contributed by atoms with Gasteiger partial charge in [0.1, 0.15) is 0 Å². The molecule has 0 aliphatic carbocycles. The Bertz CT molecular complexity index is 381. The van der Waals surface area contributed by atoms with E-state index >= 15 is 0 Å². The van der Waals surface area contributed by atoms with E-state index in [4.69, 9.17) is 27.9 Å². The zero-order valence-electron chi connectivity index (χ0n) is 9.40. The number of hydrogen-bond donors (Lipinski definition) is 1. The van der Waals surface area contributed by atoms with Crippen LogP contribution in [0.2, 0.25) is 10.0 Å². The Kier molecular flexibility index (Phi) is 4.65. The molecular weight excluding hydrogens is 261 g/mol. The first-order valence-electron chi connectivity index (χ1n) is 5.60. The van der Waals surface area contributed by atoms with Crippen LogP contribution in [0.15, 0.2) is 18.2 Å². The number of aliphatic hydroxyl groups excluding tert-OH is 1. The molecule has 0 radical (unpaired) electrons. The molecule has 0 unspecified atom stereocenters. The van der Waals surface area contributed by atoms with Crippen molar-refractivity contribution in [2.45, 2.75) is 6.04 Å². The highest BCUT2D eigenvalue weighted by molar-refractivity contribution is 6.35. The predicted octanol–water partition coefficient (Wildman–Crippen LogP) is 2.36. The number of rotatable bonds is 3. The third-order valence-corrected chi connectivity index (χ3v) is 3.54. The van der Waals surface area contributed by atoms with Gasteiger partial charge in [-0.25, -0.2) is 0 Å². The fourth-order valence-corrected chi connectivity index (χ4v) is 2.61. The molecule has 1 heterocycles. The van der Waals surface area contributed by atoms with E-state index in [1.807, 2.05) is 6.07 Å². The van der Waals surface area contributed by atoms with Gasteiger partial charge in [0.2, 0.25) is 0 Å². The molecule has 5 heteroatoms. The van der Waals surface area contributed by atoms with E-state index in [0.29, 0.717) is 23.3 Å². The molecule has 0 amide bonds. The van der Waals surface area contributed by atoms with E-state index in [9.17, 15) is 5.11 Å². The van der Waals surface area contributed by atoms with E-state index < -0.39 is 0 Å². The molecule has 0 spiro atoms. The van der Waals surface area contributed by atoms with E-state index in [1.54, 1.807) is 12.1 Å². The topological polar surface area (TPSA) is 32.7 Å². The van der Waals surface area contributed by atoms with Gasteiger partial charge in [-0.15, -0.1) is 0 Å². The molecule has 0 aromatic heterocycles. The molecule has 94 valence electrons. The first-order valence-corrected chi connectivity index (χ1v) is 6.35. The highest BCUT2D eigenvalue weighted by Gasteiger charge is 2.23. The minimum absolute atomic E-state index is 0.0430. The van der Waals surface area contributed by atoms with Crippen molar-refractivity contribution in [1.82, 2.24) is 4.90 Å². The van der Waals surface area contributed by atoms with Gasteiger partial charge in [-0.1, -0.05) is 29.3 Å². The van der Waals surface area contributed by atoms with Crippen LogP contribution in [-0.2, 0) is 4.74 Å². The molecule has 1 aliphatic rings. The van der Waals surface area contributed by atoms with Crippen LogP contribution >= 0.6 is 23.2 Å². The maximum atomic E-state index is 9.55. The summed E-state index contributed by atoms with van der Waals surface area (Å²) >= 11 is 12.0. The summed E-state index contributed by atoms with van der Waals surface area (Å²) in [6, 6.07) is 5.30. The third-order valence-electron chi connectivity index (χ3n) is 2.98. The van der Waals surface area contributed by atoms with Crippen LogP contribution in [0, 0.1) is 0 Å². The number of morpholine rings is 1. The van der Waals surface area contributed by atoms with Crippen molar-refractivity contribution < 1.29 is 9.84 Å². The van der Waals surface area contributed by atoms with Gasteiger partial charge in [-0.05, 0) is 17.7 Å². The van der Waals surface area contributed by atoms with Gasteiger partial charge >= 0.3 is 0 Å². The number of halogens is 2. The van der Waals surface area contributed by atoms with Gasteiger partial charge in [0.05, 0.1) is 25.9 Å². The molecule has 1 saturated heterocycles. The van der Waals surface area contributed by atoms with Crippen molar-refractivity contribution in [1.29, 1.82) is 0 Å². The molecule has 1 fully saturated rings. The summed E-state index contributed by atoms with van der Waals surface area (Å²) in [7, 11) is 0. The molecular formula is C12H15Cl2NO2. The summed E-state index contributed by atoms with van der Waals surface area (Å²) in [5.74, 6) is 0. The Hall–Kier alpha value is -0.320. The molecule has 1 atom stereocenters. The zero-order valence-corrected chi connectivity index (χ0v) is 10.9. The number of aliphatic hydroxyl groups is 1. The quantitative estimate of drug-likeness (QED) is 0.920. The molecule has 0 bridgehead atoms. The predicted molar refractivity (Wildman–Crippen MR) is 68.7 cm³/mol. The van der Waals surface area contributed by atoms with E-state index in [-0.39, 0.29) is 12.6 Å². The molecule has 1 aliphatic heterocycles. The number of nitrogens with zero attached hydrogens (tertiary/aromatic N) is 1. The minimum Gasteiger partial charge on any atom is -0.394 e. The smallest absolute Gasteiger partial charge is 0.0629 e. The second-order valence-electron chi connectivity index (χ2n) is 4.01. The highest BCUT2D eigenvalue weighted by atomic mass is 35.5. The lowest BCUT2D eigenvalue weighted by Crippen LogP contribution is -2.40. The van der Waals surface area contributed by atoms with Crippen LogP contribution < -0.4 is 0 Å². The number of benzene rings is 1. The Morgan fingerprint density at radius 2 is 2.00 bits per heavy atom. The first kappa shape index (κ1) is 13.1. The van der Waals surface area contributed by atoms with Gasteiger partial charge in [0.15, 0.2) is 0 Å². The molecule has 2 rings (SSSR count). The standard InChI is InChI=1S/C12H15Cl2NO2/c13-9-1-2-10(11(14)7-9)12(8-16)15-3-5-17-6-4-15/h1-2,7,12,16H,3-6,8H2/t12-/m1/s1. The molecule has 1 aromatic carbocycles. The van der Waals surface area contributed by atoms with Crippen LogP contribution in [-0.4, -0.2) is 42.9 Å². The van der Waals surface area contributed by atoms with Crippen molar-refractivity contribution >= 4 is 23.2 Å². The van der Waals surface area contributed by atoms with Crippen LogP contribution in [0.5, 0.6) is 0 Å². The Labute approximate surface area is 111 Å². The monoisotopic (exact) mass is 275 g/mol. The van der Waals surface area contributed by atoms with Crippen molar-refractivity contribution in [3.63, 3.8) is 0 Å². The first-order chi connectivity index (χ1) is 8.22. The molecule has 17 heavy (non-hydrogen) atoms. The van der Waals surface area contributed by atoms with Gasteiger partial charge in [-0.2, -0.15) is 0 Å². The summed E-state index contributed by atoms with van der Waals surface area (Å²) < 4.78 is 5.30. The minimum atomic E-state index is -0.0799. The summed E-state index contributed by atoms with van der Waals surface area (Å²) in [4.78, 5) is 2.18. The van der Waals surface area contributed by atoms with Crippen LogP contribution in [0.4, 0.5) is 0 Å². The summed E-state index contributed by atoms with van der Waals surface area (Å²) in [5, 5.41) is 10.8. The normalized spacial score (nSPS) is 19.2. The number of hydrogen-bond acceptors (Lipinski definition) is 3. The van der Waals surface area contributed by atoms with E-state index in [2.05, 4.69) is 4.90 Å². The third kappa shape index (κ3) is 3.12. The summed E-state index contributed by atoms with van der Waals surface area (Å²) in [6.07, 6.45) is 0. The van der Waals surface area contributed by atoms with Crippen LogP contribution in [0.3, 0.4) is 0 Å². The van der Waals surface area contributed by atoms with Gasteiger partial charge < -0.3 is 9.84 Å². The molecule has 0 saturated carbocycles. The fourth-order valence-electron chi connectivity index (χ4n) is 2.07. The Morgan fingerprint density at radius 3 is 2.59 bits per heavy atom. The highest BCUT2D eigenvalue weighted by Crippen LogP contribution is 2.30. The Morgan fingerprint density at radius 1 is 1.29 bits per heavy atom. The largest absolute Gasteiger partial charge is 0.394 e. The second-order valence-corrected chi connectivity index (χ2v) is 4.86. The SMILES string of the molecule is OC[C@H](c1ccc(Cl)cc1Cl)N1CCOCC1. The average Bonchev–Trinajstić information content (AvgIpc) is 2.34. The lowest BCUT2D eigenvalue weighted by atomic mass is 10.1. The van der Waals surface area contributed by atoms with Gasteiger partial charge in [-0.3, -0.25) is 4.90 Å². The molecule has 1 aromatic rings. The Balaban J connectivity index is 2.21.